The predicted molar refractivity (Wildman–Crippen MR) is 67.3 cm³/mol. The van der Waals surface area contributed by atoms with Crippen LogP contribution >= 0.6 is 11.3 Å². The third kappa shape index (κ3) is 4.45. The average Bonchev–Trinajstić information content (AvgIpc) is 2.77. The van der Waals surface area contributed by atoms with E-state index in [1.165, 1.54) is 30.3 Å². The molecule has 0 radical (unpaired) electrons. The largest absolute Gasteiger partial charge is 0.481 e. The summed E-state index contributed by atoms with van der Waals surface area (Å²) in [6.07, 6.45) is -0.170. The second kappa shape index (κ2) is 7.00. The Labute approximate surface area is 113 Å². The number of hydrogen-bond donors (Lipinski definition) is 2. The van der Waals surface area contributed by atoms with Crippen LogP contribution in [0.1, 0.15) is 18.4 Å². The zero-order valence-corrected chi connectivity index (χ0v) is 11.4. The second-order valence-corrected chi connectivity index (χ2v) is 4.80. The lowest BCUT2D eigenvalue weighted by Crippen LogP contribution is -2.40. The van der Waals surface area contributed by atoms with E-state index in [9.17, 15) is 9.59 Å². The number of methoxy groups -OCH3 is 1. The van der Waals surface area contributed by atoms with Gasteiger partial charge >= 0.3 is 11.9 Å². The van der Waals surface area contributed by atoms with Gasteiger partial charge in [0, 0.05) is 13.7 Å². The molecule has 0 saturated heterocycles. The molecule has 8 nitrogen and oxygen atoms in total. The maximum Gasteiger partial charge on any atom is 0.326 e. The molecule has 1 aromatic heterocycles. The minimum absolute atomic E-state index is 0.0599. The number of hydrogen-bond acceptors (Lipinski definition) is 7. The fourth-order valence-electron chi connectivity index (χ4n) is 1.35. The van der Waals surface area contributed by atoms with Gasteiger partial charge in [-0.05, 0) is 6.92 Å². The molecule has 1 rings (SSSR count). The van der Waals surface area contributed by atoms with E-state index in [0.29, 0.717) is 10.1 Å². The molecule has 0 aliphatic rings. The molecule has 0 spiro atoms. The Morgan fingerprint density at radius 1 is 1.42 bits per heavy atom. The maximum absolute atomic E-state index is 11.0. The summed E-state index contributed by atoms with van der Waals surface area (Å²) in [5.74, 6) is -2.04. The predicted octanol–water partition coefficient (Wildman–Crippen LogP) is 0.439. The molecule has 1 unspecified atom stereocenters. The number of carboxylic acids is 2. The van der Waals surface area contributed by atoms with Gasteiger partial charge in [-0.3, -0.25) is 4.79 Å². The molecule has 0 aliphatic carbocycles. The highest BCUT2D eigenvalue weighted by Gasteiger charge is 2.24. The second-order valence-electron chi connectivity index (χ2n) is 3.76. The average molecular weight is 289 g/mol. The lowest BCUT2D eigenvalue weighted by molar-refractivity contribution is -0.139. The Morgan fingerprint density at radius 2 is 2.11 bits per heavy atom. The van der Waals surface area contributed by atoms with Crippen LogP contribution in [0, 0.1) is 0 Å². The molecule has 1 aromatic rings. The number of ether oxygens (including phenoxy) is 1. The van der Waals surface area contributed by atoms with Gasteiger partial charge in [-0.1, -0.05) is 11.3 Å². The molecule has 1 atom stereocenters. The highest BCUT2D eigenvalue weighted by atomic mass is 32.1. The molecule has 0 fully saturated rings. The number of carbonyl (C=O) groups is 2. The van der Waals surface area contributed by atoms with E-state index in [1.54, 1.807) is 0 Å². The van der Waals surface area contributed by atoms with Crippen molar-refractivity contribution >= 4 is 28.4 Å². The Bertz CT molecular complexity index is 450. The van der Waals surface area contributed by atoms with Gasteiger partial charge < -0.3 is 19.8 Å². The van der Waals surface area contributed by atoms with Crippen molar-refractivity contribution in [3.8, 4) is 0 Å². The maximum atomic E-state index is 11.0. The number of nitrogens with zero attached hydrogens (tertiary/aromatic N) is 3. The summed E-state index contributed by atoms with van der Waals surface area (Å²) in [4.78, 5) is 23.1. The number of rotatable bonds is 8. The van der Waals surface area contributed by atoms with Gasteiger partial charge in [0.25, 0.3) is 0 Å². The first-order chi connectivity index (χ1) is 8.95. The summed E-state index contributed by atoms with van der Waals surface area (Å²) in [6, 6.07) is -0.873. The smallest absolute Gasteiger partial charge is 0.326 e. The third-order valence-electron chi connectivity index (χ3n) is 2.36. The molecular formula is C10H15N3O5S. The normalized spacial score (nSPS) is 12.1. The molecule has 0 aliphatic heterocycles. The van der Waals surface area contributed by atoms with Crippen LogP contribution in [0.25, 0.3) is 0 Å². The molecule has 0 saturated carbocycles. The van der Waals surface area contributed by atoms with E-state index < -0.39 is 18.0 Å². The minimum atomic E-state index is -1.05. The van der Waals surface area contributed by atoms with Crippen molar-refractivity contribution in [1.29, 1.82) is 0 Å². The van der Waals surface area contributed by atoms with Gasteiger partial charge in [0.05, 0.1) is 6.42 Å². The Hall–Kier alpha value is -1.74. The van der Waals surface area contributed by atoms with Gasteiger partial charge in [-0.25, -0.2) is 4.79 Å². The standard InChI is InChI=1S/C10H15N3O5S/c1-6(9(16)17)13(4-3-8(14)15)10-12-11-7(19-10)5-18-2/h6H,3-5H2,1-2H3,(H,14,15)(H,16,17). The number of anilines is 1. The molecule has 0 aromatic carbocycles. The van der Waals surface area contributed by atoms with Crippen molar-refractivity contribution in [3.05, 3.63) is 5.01 Å². The van der Waals surface area contributed by atoms with Crippen LogP contribution in [-0.2, 0) is 20.9 Å². The first-order valence-corrected chi connectivity index (χ1v) is 6.30. The van der Waals surface area contributed by atoms with E-state index in [-0.39, 0.29) is 19.6 Å². The number of aromatic nitrogens is 2. The first-order valence-electron chi connectivity index (χ1n) is 5.48. The summed E-state index contributed by atoms with van der Waals surface area (Å²) in [6.45, 7) is 1.82. The van der Waals surface area contributed by atoms with E-state index in [1.807, 2.05) is 0 Å². The molecule has 19 heavy (non-hydrogen) atoms. The highest BCUT2D eigenvalue weighted by molar-refractivity contribution is 7.15. The molecule has 0 amide bonds. The minimum Gasteiger partial charge on any atom is -0.481 e. The summed E-state index contributed by atoms with van der Waals surface area (Å²) >= 11 is 1.19. The Morgan fingerprint density at radius 3 is 2.63 bits per heavy atom. The van der Waals surface area contributed by atoms with Crippen molar-refractivity contribution in [2.24, 2.45) is 0 Å². The van der Waals surface area contributed by atoms with Crippen LogP contribution in [-0.4, -0.2) is 52.0 Å². The monoisotopic (exact) mass is 289 g/mol. The van der Waals surface area contributed by atoms with Crippen LogP contribution in [0.15, 0.2) is 0 Å². The fourth-order valence-corrected chi connectivity index (χ4v) is 2.26. The zero-order chi connectivity index (χ0) is 14.4. The lowest BCUT2D eigenvalue weighted by Gasteiger charge is -2.24. The van der Waals surface area contributed by atoms with Crippen LogP contribution in [0.3, 0.4) is 0 Å². The van der Waals surface area contributed by atoms with Crippen molar-refractivity contribution in [2.75, 3.05) is 18.6 Å². The molecule has 106 valence electrons. The fraction of sp³-hybridized carbons (Fsp3) is 0.600. The summed E-state index contributed by atoms with van der Waals surface area (Å²) in [5, 5.41) is 26.4. The van der Waals surface area contributed by atoms with Gasteiger partial charge in [-0.15, -0.1) is 10.2 Å². The first kappa shape index (κ1) is 15.3. The number of aliphatic carboxylic acids is 2. The summed E-state index contributed by atoms with van der Waals surface area (Å²) < 4.78 is 4.91. The SMILES string of the molecule is COCc1nnc(N(CCC(=O)O)C(C)C(=O)O)s1. The van der Waals surface area contributed by atoms with E-state index in [4.69, 9.17) is 14.9 Å². The topological polar surface area (TPSA) is 113 Å². The van der Waals surface area contributed by atoms with E-state index in [2.05, 4.69) is 10.2 Å². The van der Waals surface area contributed by atoms with Crippen LogP contribution in [0.4, 0.5) is 5.13 Å². The van der Waals surface area contributed by atoms with Crippen LogP contribution in [0.5, 0.6) is 0 Å². The Balaban J connectivity index is 2.87. The number of carboxylic acid groups (broad SMARTS) is 2. The van der Waals surface area contributed by atoms with Gasteiger partial charge in [0.2, 0.25) is 5.13 Å². The van der Waals surface area contributed by atoms with Crippen molar-refractivity contribution in [3.63, 3.8) is 0 Å². The Kier molecular flexibility index (Phi) is 5.64. The van der Waals surface area contributed by atoms with E-state index >= 15 is 0 Å². The molecule has 9 heteroatoms. The van der Waals surface area contributed by atoms with Crippen molar-refractivity contribution in [2.45, 2.75) is 26.0 Å². The van der Waals surface area contributed by atoms with Crippen LogP contribution in [0.2, 0.25) is 0 Å². The molecule has 0 bridgehead atoms. The highest BCUT2D eigenvalue weighted by Crippen LogP contribution is 2.23. The van der Waals surface area contributed by atoms with Gasteiger partial charge in [0.15, 0.2) is 0 Å². The molecule has 1 heterocycles. The quantitative estimate of drug-likeness (QED) is 0.708. The van der Waals surface area contributed by atoms with Gasteiger partial charge in [-0.2, -0.15) is 0 Å². The van der Waals surface area contributed by atoms with Crippen molar-refractivity contribution in [1.82, 2.24) is 10.2 Å². The lowest BCUT2D eigenvalue weighted by atomic mass is 10.3. The van der Waals surface area contributed by atoms with E-state index in [0.717, 1.165) is 0 Å². The third-order valence-corrected chi connectivity index (χ3v) is 3.30. The van der Waals surface area contributed by atoms with Gasteiger partial charge in [0.1, 0.15) is 17.7 Å². The van der Waals surface area contributed by atoms with Crippen molar-refractivity contribution < 1.29 is 24.5 Å². The molecule has 2 N–H and O–H groups in total. The summed E-state index contributed by atoms with van der Waals surface area (Å²) in [5.41, 5.74) is 0. The summed E-state index contributed by atoms with van der Waals surface area (Å²) in [7, 11) is 1.52. The molecular weight excluding hydrogens is 274 g/mol. The zero-order valence-electron chi connectivity index (χ0n) is 10.6. The van der Waals surface area contributed by atoms with Crippen LogP contribution < -0.4 is 4.90 Å².